The summed E-state index contributed by atoms with van der Waals surface area (Å²) in [6.07, 6.45) is 3.52. The third-order valence-corrected chi connectivity index (χ3v) is 3.59. The van der Waals surface area contributed by atoms with Crippen molar-refractivity contribution >= 4 is 29.3 Å². The first-order valence-corrected chi connectivity index (χ1v) is 7.03. The van der Waals surface area contributed by atoms with E-state index in [1.165, 1.54) is 6.08 Å². The summed E-state index contributed by atoms with van der Waals surface area (Å²) in [5.74, 6) is -1.16. The highest BCUT2D eigenvalue weighted by atomic mass is 32.1. The monoisotopic (exact) mass is 281 g/mol. The fourth-order valence-corrected chi connectivity index (χ4v) is 2.44. The van der Waals surface area contributed by atoms with E-state index in [0.29, 0.717) is 6.42 Å². The lowest BCUT2D eigenvalue weighted by Crippen LogP contribution is -2.40. The van der Waals surface area contributed by atoms with Gasteiger partial charge in [0.1, 0.15) is 6.04 Å². The summed E-state index contributed by atoms with van der Waals surface area (Å²) in [4.78, 5) is 23.7. The molecule has 5 heteroatoms. The van der Waals surface area contributed by atoms with Crippen molar-refractivity contribution in [2.45, 2.75) is 33.2 Å². The second-order valence-electron chi connectivity index (χ2n) is 4.83. The van der Waals surface area contributed by atoms with Gasteiger partial charge in [0.15, 0.2) is 0 Å². The summed E-state index contributed by atoms with van der Waals surface area (Å²) in [6, 6.07) is 1.14. The Bertz CT molecular complexity index is 477. The zero-order chi connectivity index (χ0) is 14.4. The van der Waals surface area contributed by atoms with Crippen LogP contribution in [0.5, 0.6) is 0 Å². The molecule has 1 amide bonds. The molecule has 1 rings (SSSR count). The van der Waals surface area contributed by atoms with Crippen LogP contribution in [-0.2, 0) is 9.59 Å². The molecule has 0 aliphatic heterocycles. The molecule has 0 unspecified atom stereocenters. The highest BCUT2D eigenvalue weighted by Crippen LogP contribution is 2.16. The minimum atomic E-state index is -0.997. The highest BCUT2D eigenvalue weighted by Gasteiger charge is 2.19. The number of amides is 1. The van der Waals surface area contributed by atoms with Crippen LogP contribution in [0.2, 0.25) is 0 Å². The molecule has 0 aromatic carbocycles. The van der Waals surface area contributed by atoms with Gasteiger partial charge in [-0.1, -0.05) is 13.8 Å². The van der Waals surface area contributed by atoms with Gasteiger partial charge in [-0.25, -0.2) is 4.79 Å². The van der Waals surface area contributed by atoms with E-state index in [2.05, 4.69) is 5.32 Å². The van der Waals surface area contributed by atoms with E-state index in [0.717, 1.165) is 10.4 Å². The van der Waals surface area contributed by atoms with Gasteiger partial charge in [-0.15, -0.1) is 11.3 Å². The molecular formula is C14H19NO3S. The number of thiophene rings is 1. The first-order chi connectivity index (χ1) is 8.90. The van der Waals surface area contributed by atoms with E-state index in [4.69, 9.17) is 5.11 Å². The maximum Gasteiger partial charge on any atom is 0.326 e. The average Bonchev–Trinajstić information content (AvgIpc) is 2.70. The van der Waals surface area contributed by atoms with Crippen LogP contribution >= 0.6 is 11.3 Å². The predicted octanol–water partition coefficient (Wildman–Crippen LogP) is 2.69. The van der Waals surface area contributed by atoms with Crippen molar-refractivity contribution in [1.82, 2.24) is 5.32 Å². The Kier molecular flexibility index (Phi) is 5.76. The lowest BCUT2D eigenvalue weighted by Gasteiger charge is -2.15. The molecule has 0 aliphatic carbocycles. The van der Waals surface area contributed by atoms with Crippen molar-refractivity contribution in [2.24, 2.45) is 5.92 Å². The van der Waals surface area contributed by atoms with E-state index in [-0.39, 0.29) is 11.8 Å². The SMILES string of the molecule is Cc1ccsc1/C=C/C(=O)N[C@@H](CC(C)C)C(=O)O. The molecular weight excluding hydrogens is 262 g/mol. The molecule has 0 bridgehead atoms. The Morgan fingerprint density at radius 1 is 1.47 bits per heavy atom. The third-order valence-electron chi connectivity index (χ3n) is 2.61. The molecule has 1 aromatic rings. The molecule has 1 atom stereocenters. The van der Waals surface area contributed by atoms with E-state index in [1.807, 2.05) is 32.2 Å². The molecule has 0 aliphatic rings. The zero-order valence-electron chi connectivity index (χ0n) is 11.3. The van der Waals surface area contributed by atoms with Crippen LogP contribution in [0.15, 0.2) is 17.5 Å². The minimum absolute atomic E-state index is 0.213. The van der Waals surface area contributed by atoms with Crippen LogP contribution in [-0.4, -0.2) is 23.0 Å². The van der Waals surface area contributed by atoms with E-state index < -0.39 is 12.0 Å². The van der Waals surface area contributed by atoms with Crippen molar-refractivity contribution in [3.8, 4) is 0 Å². The number of carboxylic acids is 1. The first kappa shape index (κ1) is 15.4. The van der Waals surface area contributed by atoms with Gasteiger partial charge in [0.2, 0.25) is 5.91 Å². The third kappa shape index (κ3) is 5.26. The summed E-state index contributed by atoms with van der Waals surface area (Å²) >= 11 is 1.54. The van der Waals surface area contributed by atoms with Gasteiger partial charge in [-0.05, 0) is 42.3 Å². The van der Waals surface area contributed by atoms with Crippen LogP contribution in [0.25, 0.3) is 6.08 Å². The predicted molar refractivity (Wildman–Crippen MR) is 77.1 cm³/mol. The number of nitrogens with one attached hydrogen (secondary N) is 1. The van der Waals surface area contributed by atoms with E-state index in [9.17, 15) is 9.59 Å². The number of hydrogen-bond acceptors (Lipinski definition) is 3. The molecule has 0 spiro atoms. The number of rotatable bonds is 6. The highest BCUT2D eigenvalue weighted by molar-refractivity contribution is 7.11. The molecule has 0 radical (unpaired) electrons. The molecule has 0 saturated heterocycles. The number of carbonyl (C=O) groups is 2. The van der Waals surface area contributed by atoms with Crippen molar-refractivity contribution in [1.29, 1.82) is 0 Å². The standard InChI is InChI=1S/C14H19NO3S/c1-9(2)8-11(14(17)18)15-13(16)5-4-12-10(3)6-7-19-12/h4-7,9,11H,8H2,1-3H3,(H,15,16)(H,17,18)/b5-4+/t11-/m0/s1. The summed E-state index contributed by atoms with van der Waals surface area (Å²) in [5.41, 5.74) is 1.10. The van der Waals surface area contributed by atoms with Gasteiger partial charge in [0, 0.05) is 11.0 Å². The van der Waals surface area contributed by atoms with Gasteiger partial charge < -0.3 is 10.4 Å². The van der Waals surface area contributed by atoms with Gasteiger partial charge in [0.05, 0.1) is 0 Å². The first-order valence-electron chi connectivity index (χ1n) is 6.15. The van der Waals surface area contributed by atoms with Gasteiger partial charge in [-0.3, -0.25) is 4.79 Å². The summed E-state index contributed by atoms with van der Waals surface area (Å²) in [6.45, 7) is 5.81. The smallest absolute Gasteiger partial charge is 0.326 e. The van der Waals surface area contributed by atoms with Crippen molar-refractivity contribution in [3.05, 3.63) is 28.0 Å². The molecule has 1 aromatic heterocycles. The number of hydrogen-bond donors (Lipinski definition) is 2. The molecule has 1 heterocycles. The Morgan fingerprint density at radius 3 is 2.63 bits per heavy atom. The maximum absolute atomic E-state index is 11.7. The van der Waals surface area contributed by atoms with Crippen LogP contribution in [0, 0.1) is 12.8 Å². The quantitative estimate of drug-likeness (QED) is 0.788. The number of carboxylic acid groups (broad SMARTS) is 1. The van der Waals surface area contributed by atoms with Gasteiger partial charge in [0.25, 0.3) is 0 Å². The molecule has 2 N–H and O–H groups in total. The molecule has 19 heavy (non-hydrogen) atoms. The van der Waals surface area contributed by atoms with Crippen molar-refractivity contribution in [3.63, 3.8) is 0 Å². The second kappa shape index (κ2) is 7.09. The van der Waals surface area contributed by atoms with Crippen molar-refractivity contribution in [2.75, 3.05) is 0 Å². The van der Waals surface area contributed by atoms with E-state index >= 15 is 0 Å². The van der Waals surface area contributed by atoms with Crippen LogP contribution in [0.3, 0.4) is 0 Å². The number of carbonyl (C=O) groups excluding carboxylic acids is 1. The fraction of sp³-hybridized carbons (Fsp3) is 0.429. The minimum Gasteiger partial charge on any atom is -0.480 e. The van der Waals surface area contributed by atoms with Crippen LogP contribution < -0.4 is 5.32 Å². The lowest BCUT2D eigenvalue weighted by atomic mass is 10.0. The van der Waals surface area contributed by atoms with E-state index in [1.54, 1.807) is 17.4 Å². The summed E-state index contributed by atoms with van der Waals surface area (Å²) in [5, 5.41) is 13.5. The average molecular weight is 281 g/mol. The number of aryl methyl sites for hydroxylation is 1. The van der Waals surface area contributed by atoms with Crippen LogP contribution in [0.4, 0.5) is 0 Å². The van der Waals surface area contributed by atoms with Gasteiger partial charge in [-0.2, -0.15) is 0 Å². The molecule has 4 nitrogen and oxygen atoms in total. The maximum atomic E-state index is 11.7. The summed E-state index contributed by atoms with van der Waals surface area (Å²) in [7, 11) is 0. The Morgan fingerprint density at radius 2 is 2.16 bits per heavy atom. The molecule has 0 saturated carbocycles. The topological polar surface area (TPSA) is 66.4 Å². The Labute approximate surface area is 117 Å². The Balaban J connectivity index is 2.60. The van der Waals surface area contributed by atoms with Crippen LogP contribution in [0.1, 0.15) is 30.7 Å². The Hall–Kier alpha value is -1.62. The van der Waals surface area contributed by atoms with Crippen molar-refractivity contribution < 1.29 is 14.7 Å². The molecule has 104 valence electrons. The number of aliphatic carboxylic acids is 1. The largest absolute Gasteiger partial charge is 0.480 e. The fourth-order valence-electron chi connectivity index (χ4n) is 1.62. The normalized spacial score (nSPS) is 12.8. The van der Waals surface area contributed by atoms with Gasteiger partial charge >= 0.3 is 5.97 Å². The zero-order valence-corrected chi connectivity index (χ0v) is 12.2. The molecule has 0 fully saturated rings. The lowest BCUT2D eigenvalue weighted by molar-refractivity contribution is -0.141. The summed E-state index contributed by atoms with van der Waals surface area (Å²) < 4.78 is 0. The second-order valence-corrected chi connectivity index (χ2v) is 5.78.